The highest BCUT2D eigenvalue weighted by molar-refractivity contribution is 5.76. The summed E-state index contributed by atoms with van der Waals surface area (Å²) in [6, 6.07) is 4.95. The van der Waals surface area contributed by atoms with Crippen LogP contribution in [0.25, 0.3) is 0 Å². The van der Waals surface area contributed by atoms with Gasteiger partial charge in [-0.2, -0.15) is 0 Å². The van der Waals surface area contributed by atoms with Gasteiger partial charge in [0.05, 0.1) is 14.2 Å². The van der Waals surface area contributed by atoms with E-state index >= 15 is 0 Å². The molecule has 1 unspecified atom stereocenters. The molecule has 1 N–H and O–H groups in total. The van der Waals surface area contributed by atoms with Crippen molar-refractivity contribution in [1.29, 1.82) is 0 Å². The molecular weight excluding hydrogens is 286 g/mol. The molecular formula is C16H23NO5. The van der Waals surface area contributed by atoms with Crippen molar-refractivity contribution < 1.29 is 24.1 Å². The number of esters is 1. The van der Waals surface area contributed by atoms with E-state index in [2.05, 4.69) is 16.7 Å². The van der Waals surface area contributed by atoms with Crippen molar-refractivity contribution in [3.05, 3.63) is 23.8 Å². The Morgan fingerprint density at radius 3 is 2.55 bits per heavy atom. The first kappa shape index (κ1) is 16.6. The van der Waals surface area contributed by atoms with E-state index in [1.54, 1.807) is 25.3 Å². The zero-order chi connectivity index (χ0) is 16.1. The molecule has 22 heavy (non-hydrogen) atoms. The van der Waals surface area contributed by atoms with Gasteiger partial charge in [-0.1, -0.05) is 6.07 Å². The zero-order valence-corrected chi connectivity index (χ0v) is 13.2. The lowest BCUT2D eigenvalue weighted by atomic mass is 10.1. The maximum absolute atomic E-state index is 11.5. The maximum Gasteiger partial charge on any atom is 0.339 e. The molecule has 1 aromatic carbocycles. The summed E-state index contributed by atoms with van der Waals surface area (Å²) in [5.41, 5.74) is 0.426. The van der Waals surface area contributed by atoms with Crippen LogP contribution in [0.3, 0.4) is 0 Å². The molecule has 1 atom stereocenters. The Kier molecular flexibility index (Phi) is 5.63. The van der Waals surface area contributed by atoms with Gasteiger partial charge in [0.25, 0.3) is 0 Å². The molecule has 1 saturated heterocycles. The number of ether oxygens (including phenoxy) is 3. The number of hydrogen-bond donors (Lipinski definition) is 1. The van der Waals surface area contributed by atoms with Crippen LogP contribution < -0.4 is 9.47 Å². The topological polar surface area (TPSA) is 68.2 Å². The van der Waals surface area contributed by atoms with E-state index in [-0.39, 0.29) is 6.10 Å². The third-order valence-corrected chi connectivity index (χ3v) is 3.89. The third kappa shape index (κ3) is 3.90. The molecule has 0 saturated carbocycles. The molecule has 0 amide bonds. The van der Waals surface area contributed by atoms with Crippen LogP contribution in [0.4, 0.5) is 0 Å². The summed E-state index contributed by atoms with van der Waals surface area (Å²) in [5.74, 6) is 0.424. The molecule has 6 nitrogen and oxygen atoms in total. The largest absolute Gasteiger partial charge is 0.493 e. The van der Waals surface area contributed by atoms with E-state index < -0.39 is 12.1 Å². The number of rotatable bonds is 5. The lowest BCUT2D eigenvalue weighted by Crippen LogP contribution is -2.35. The number of carbonyl (C=O) groups is 1. The molecule has 6 heteroatoms. The number of nitrogens with zero attached hydrogens (tertiary/aromatic N) is 1. The molecule has 0 aromatic heterocycles. The minimum Gasteiger partial charge on any atom is -0.493 e. The summed E-state index contributed by atoms with van der Waals surface area (Å²) in [6.45, 7) is 1.97. The fourth-order valence-corrected chi connectivity index (χ4v) is 2.49. The van der Waals surface area contributed by atoms with Gasteiger partial charge in [0.1, 0.15) is 6.10 Å². The second-order valence-electron chi connectivity index (χ2n) is 5.46. The maximum atomic E-state index is 11.5. The molecule has 122 valence electrons. The van der Waals surface area contributed by atoms with Crippen LogP contribution in [0.15, 0.2) is 18.2 Å². The highest BCUT2D eigenvalue weighted by atomic mass is 16.5. The molecule has 0 bridgehead atoms. The standard InChI is InChI=1S/C16H23NO5/c1-17-8-6-12(7-9-17)22-14-10-11(4-5-13(14)20-2)15(18)16(19)21-3/h4-5,10,12,15,18H,6-9H2,1-3H3. The number of benzene rings is 1. The predicted octanol–water partition coefficient (Wildman–Crippen LogP) is 1.37. The highest BCUT2D eigenvalue weighted by Gasteiger charge is 2.23. The van der Waals surface area contributed by atoms with Crippen molar-refractivity contribution in [3.8, 4) is 11.5 Å². The Morgan fingerprint density at radius 2 is 1.95 bits per heavy atom. The fourth-order valence-electron chi connectivity index (χ4n) is 2.49. The molecule has 1 aromatic rings. The third-order valence-electron chi connectivity index (χ3n) is 3.89. The van der Waals surface area contributed by atoms with E-state index in [1.807, 2.05) is 0 Å². The Labute approximate surface area is 130 Å². The highest BCUT2D eigenvalue weighted by Crippen LogP contribution is 2.32. The van der Waals surface area contributed by atoms with Crippen molar-refractivity contribution in [2.24, 2.45) is 0 Å². The lowest BCUT2D eigenvalue weighted by Gasteiger charge is -2.29. The second-order valence-corrected chi connectivity index (χ2v) is 5.46. The van der Waals surface area contributed by atoms with Crippen molar-refractivity contribution in [1.82, 2.24) is 4.90 Å². The summed E-state index contributed by atoms with van der Waals surface area (Å²) >= 11 is 0. The van der Waals surface area contributed by atoms with E-state index in [0.29, 0.717) is 17.1 Å². The molecule has 0 spiro atoms. The van der Waals surface area contributed by atoms with Crippen molar-refractivity contribution in [2.75, 3.05) is 34.4 Å². The minimum atomic E-state index is -1.32. The van der Waals surface area contributed by atoms with Crippen LogP contribution in [0.1, 0.15) is 24.5 Å². The summed E-state index contributed by atoms with van der Waals surface area (Å²) in [7, 11) is 4.89. The first-order valence-corrected chi connectivity index (χ1v) is 7.34. The summed E-state index contributed by atoms with van der Waals surface area (Å²) in [5, 5.41) is 9.94. The number of hydrogen-bond acceptors (Lipinski definition) is 6. The van der Waals surface area contributed by atoms with Crippen molar-refractivity contribution in [2.45, 2.75) is 25.0 Å². The van der Waals surface area contributed by atoms with Gasteiger partial charge in [0.2, 0.25) is 0 Å². The number of aliphatic hydroxyl groups excluding tert-OH is 1. The first-order chi connectivity index (χ1) is 10.5. The van der Waals surface area contributed by atoms with Crippen LogP contribution in [0.2, 0.25) is 0 Å². The van der Waals surface area contributed by atoms with Gasteiger partial charge >= 0.3 is 5.97 Å². The normalized spacial score (nSPS) is 17.8. The molecule has 0 aliphatic carbocycles. The molecule has 1 aliphatic rings. The Bertz CT molecular complexity index is 511. The van der Waals surface area contributed by atoms with Gasteiger partial charge in [-0.25, -0.2) is 4.79 Å². The minimum absolute atomic E-state index is 0.107. The average Bonchev–Trinajstić information content (AvgIpc) is 2.55. The Morgan fingerprint density at radius 1 is 1.27 bits per heavy atom. The fraction of sp³-hybridized carbons (Fsp3) is 0.562. The van der Waals surface area contributed by atoms with Crippen LogP contribution >= 0.6 is 0 Å². The average molecular weight is 309 g/mol. The smallest absolute Gasteiger partial charge is 0.339 e. The Balaban J connectivity index is 2.15. The summed E-state index contributed by atoms with van der Waals surface area (Å²) in [6.07, 6.45) is 0.652. The van der Waals surface area contributed by atoms with Gasteiger partial charge in [-0.3, -0.25) is 0 Å². The monoisotopic (exact) mass is 309 g/mol. The van der Waals surface area contributed by atoms with Crippen molar-refractivity contribution in [3.63, 3.8) is 0 Å². The number of carbonyl (C=O) groups excluding carboxylic acids is 1. The molecule has 0 radical (unpaired) electrons. The van der Waals surface area contributed by atoms with E-state index in [0.717, 1.165) is 25.9 Å². The van der Waals surface area contributed by atoms with E-state index in [9.17, 15) is 9.90 Å². The van der Waals surface area contributed by atoms with Gasteiger partial charge in [0, 0.05) is 13.1 Å². The molecule has 1 heterocycles. The molecule has 1 fully saturated rings. The zero-order valence-electron chi connectivity index (χ0n) is 13.2. The van der Waals surface area contributed by atoms with Crippen LogP contribution in [-0.4, -0.2) is 56.4 Å². The van der Waals surface area contributed by atoms with Crippen molar-refractivity contribution >= 4 is 5.97 Å². The first-order valence-electron chi connectivity index (χ1n) is 7.34. The van der Waals surface area contributed by atoms with Crippen LogP contribution in [0, 0.1) is 0 Å². The van der Waals surface area contributed by atoms with Crippen LogP contribution in [-0.2, 0) is 9.53 Å². The lowest BCUT2D eigenvalue weighted by molar-refractivity contribution is -0.150. The van der Waals surface area contributed by atoms with E-state index in [4.69, 9.17) is 9.47 Å². The quantitative estimate of drug-likeness (QED) is 0.829. The van der Waals surface area contributed by atoms with Gasteiger partial charge in [-0.05, 0) is 37.6 Å². The van der Waals surface area contributed by atoms with Gasteiger partial charge < -0.3 is 24.2 Å². The molecule has 1 aliphatic heterocycles. The van der Waals surface area contributed by atoms with E-state index in [1.165, 1.54) is 7.11 Å². The molecule has 2 rings (SSSR count). The number of aliphatic hydroxyl groups is 1. The van der Waals surface area contributed by atoms with Gasteiger partial charge in [-0.15, -0.1) is 0 Å². The number of piperidine rings is 1. The number of likely N-dealkylation sites (tertiary alicyclic amines) is 1. The SMILES string of the molecule is COC(=O)C(O)c1ccc(OC)c(OC2CCN(C)CC2)c1. The Hall–Kier alpha value is -1.79. The summed E-state index contributed by atoms with van der Waals surface area (Å²) < 4.78 is 15.9. The predicted molar refractivity (Wildman–Crippen MR) is 81.1 cm³/mol. The second kappa shape index (κ2) is 7.47. The summed E-state index contributed by atoms with van der Waals surface area (Å²) in [4.78, 5) is 13.7. The number of methoxy groups -OCH3 is 2. The van der Waals surface area contributed by atoms with Crippen LogP contribution in [0.5, 0.6) is 11.5 Å². The van der Waals surface area contributed by atoms with Gasteiger partial charge in [0.15, 0.2) is 17.6 Å².